The zero-order chi connectivity index (χ0) is 12.3. The van der Waals surface area contributed by atoms with Crippen molar-refractivity contribution in [3.05, 3.63) is 58.8 Å². The molecule has 2 rings (SSSR count). The van der Waals surface area contributed by atoms with Gasteiger partial charge < -0.3 is 9.73 Å². The van der Waals surface area contributed by atoms with Gasteiger partial charge in [-0.3, -0.25) is 0 Å². The Morgan fingerprint density at radius 3 is 2.76 bits per heavy atom. The van der Waals surface area contributed by atoms with Gasteiger partial charge in [-0.05, 0) is 54.9 Å². The highest BCUT2D eigenvalue weighted by molar-refractivity contribution is 6.28. The SMILES string of the molecule is CNC(Cc1cccc(F)c1)c1ccc(Cl)o1. The maximum Gasteiger partial charge on any atom is 0.193 e. The first-order valence-electron chi connectivity index (χ1n) is 5.36. The number of nitrogens with one attached hydrogen (secondary N) is 1. The summed E-state index contributed by atoms with van der Waals surface area (Å²) < 4.78 is 18.4. The van der Waals surface area contributed by atoms with E-state index in [0.717, 1.165) is 11.3 Å². The number of hydrogen-bond donors (Lipinski definition) is 1. The van der Waals surface area contributed by atoms with Crippen LogP contribution in [0.5, 0.6) is 0 Å². The molecule has 1 atom stereocenters. The lowest BCUT2D eigenvalue weighted by molar-refractivity contribution is 0.430. The van der Waals surface area contributed by atoms with Crippen LogP contribution in [0.25, 0.3) is 0 Å². The second kappa shape index (κ2) is 5.34. The predicted molar refractivity (Wildman–Crippen MR) is 65.6 cm³/mol. The molecule has 0 aliphatic rings. The van der Waals surface area contributed by atoms with Crippen molar-refractivity contribution in [1.82, 2.24) is 5.32 Å². The Bertz CT molecular complexity index is 498. The fourth-order valence-corrected chi connectivity index (χ4v) is 1.91. The summed E-state index contributed by atoms with van der Waals surface area (Å²) in [5.74, 6) is 0.525. The van der Waals surface area contributed by atoms with E-state index in [9.17, 15) is 4.39 Å². The normalized spacial score (nSPS) is 12.6. The zero-order valence-electron chi connectivity index (χ0n) is 9.41. The maximum atomic E-state index is 13.1. The molecule has 0 bridgehead atoms. The Morgan fingerprint density at radius 1 is 1.35 bits per heavy atom. The summed E-state index contributed by atoms with van der Waals surface area (Å²) in [4.78, 5) is 0. The minimum absolute atomic E-state index is 0.00991. The highest BCUT2D eigenvalue weighted by atomic mass is 35.5. The molecule has 0 amide bonds. The molecule has 0 saturated carbocycles. The van der Waals surface area contributed by atoms with Crippen molar-refractivity contribution in [2.24, 2.45) is 0 Å². The van der Waals surface area contributed by atoms with Crippen LogP contribution in [0.3, 0.4) is 0 Å². The van der Waals surface area contributed by atoms with Crippen LogP contribution in [0.4, 0.5) is 4.39 Å². The van der Waals surface area contributed by atoms with Gasteiger partial charge in [0.15, 0.2) is 5.22 Å². The van der Waals surface area contributed by atoms with Crippen molar-refractivity contribution in [3.8, 4) is 0 Å². The van der Waals surface area contributed by atoms with Crippen LogP contribution >= 0.6 is 11.6 Å². The van der Waals surface area contributed by atoms with Crippen LogP contribution < -0.4 is 5.32 Å². The Morgan fingerprint density at radius 2 is 2.18 bits per heavy atom. The number of hydrogen-bond acceptors (Lipinski definition) is 2. The molecule has 1 N–H and O–H groups in total. The zero-order valence-corrected chi connectivity index (χ0v) is 10.2. The van der Waals surface area contributed by atoms with Crippen LogP contribution in [0, 0.1) is 5.82 Å². The largest absolute Gasteiger partial charge is 0.448 e. The molecule has 2 nitrogen and oxygen atoms in total. The summed E-state index contributed by atoms with van der Waals surface area (Å²) in [6.07, 6.45) is 0.651. The van der Waals surface area contributed by atoms with Crippen molar-refractivity contribution in [1.29, 1.82) is 0 Å². The smallest absolute Gasteiger partial charge is 0.193 e. The first-order valence-corrected chi connectivity index (χ1v) is 5.74. The molecule has 0 radical (unpaired) electrons. The molecule has 17 heavy (non-hydrogen) atoms. The van der Waals surface area contributed by atoms with E-state index in [0.29, 0.717) is 11.6 Å². The Labute approximate surface area is 104 Å². The average molecular weight is 254 g/mol. The fourth-order valence-electron chi connectivity index (χ4n) is 1.76. The molecular weight excluding hydrogens is 241 g/mol. The van der Waals surface area contributed by atoms with Crippen molar-refractivity contribution in [3.63, 3.8) is 0 Å². The summed E-state index contributed by atoms with van der Waals surface area (Å²) in [6.45, 7) is 0. The Balaban J connectivity index is 2.15. The topological polar surface area (TPSA) is 25.2 Å². The molecule has 4 heteroatoms. The van der Waals surface area contributed by atoms with Crippen molar-refractivity contribution in [2.75, 3.05) is 7.05 Å². The second-order valence-electron chi connectivity index (χ2n) is 3.82. The van der Waals surface area contributed by atoms with Gasteiger partial charge in [0.05, 0.1) is 6.04 Å². The molecule has 1 aromatic carbocycles. The number of halogens is 2. The van der Waals surface area contributed by atoms with Gasteiger partial charge in [-0.15, -0.1) is 0 Å². The molecule has 90 valence electrons. The molecular formula is C13H13ClFNO. The van der Waals surface area contributed by atoms with Crippen LogP contribution in [-0.2, 0) is 6.42 Å². The van der Waals surface area contributed by atoms with E-state index in [-0.39, 0.29) is 11.9 Å². The van der Waals surface area contributed by atoms with Gasteiger partial charge in [0, 0.05) is 0 Å². The van der Waals surface area contributed by atoms with Gasteiger partial charge in [0.25, 0.3) is 0 Å². The molecule has 1 aromatic heterocycles. The van der Waals surface area contributed by atoms with E-state index in [1.54, 1.807) is 12.1 Å². The molecule has 1 heterocycles. The lowest BCUT2D eigenvalue weighted by Gasteiger charge is -2.13. The van der Waals surface area contributed by atoms with Gasteiger partial charge in [-0.25, -0.2) is 4.39 Å². The first-order chi connectivity index (χ1) is 8.19. The molecule has 2 aromatic rings. The molecule has 0 fully saturated rings. The van der Waals surface area contributed by atoms with Crippen LogP contribution in [-0.4, -0.2) is 7.05 Å². The van der Waals surface area contributed by atoms with Gasteiger partial charge in [0.1, 0.15) is 11.6 Å². The predicted octanol–water partition coefficient (Wildman–Crippen LogP) is 3.58. The van der Waals surface area contributed by atoms with E-state index in [4.69, 9.17) is 16.0 Å². The van der Waals surface area contributed by atoms with E-state index < -0.39 is 0 Å². The van der Waals surface area contributed by atoms with E-state index >= 15 is 0 Å². The van der Waals surface area contributed by atoms with E-state index in [2.05, 4.69) is 5.32 Å². The highest BCUT2D eigenvalue weighted by Crippen LogP contribution is 2.23. The van der Waals surface area contributed by atoms with Gasteiger partial charge in [0.2, 0.25) is 0 Å². The van der Waals surface area contributed by atoms with Crippen LogP contribution in [0.2, 0.25) is 5.22 Å². The highest BCUT2D eigenvalue weighted by Gasteiger charge is 2.14. The summed E-state index contributed by atoms with van der Waals surface area (Å²) in [5.41, 5.74) is 0.914. The summed E-state index contributed by atoms with van der Waals surface area (Å²) >= 11 is 5.74. The summed E-state index contributed by atoms with van der Waals surface area (Å²) in [7, 11) is 1.83. The van der Waals surface area contributed by atoms with E-state index in [1.807, 2.05) is 19.2 Å². The third-order valence-electron chi connectivity index (χ3n) is 2.61. The van der Waals surface area contributed by atoms with Crippen molar-refractivity contribution in [2.45, 2.75) is 12.5 Å². The standard InChI is InChI=1S/C13H13ClFNO/c1-16-11(12-5-6-13(14)17-12)8-9-3-2-4-10(15)7-9/h2-7,11,16H,8H2,1H3. The second-order valence-corrected chi connectivity index (χ2v) is 4.19. The average Bonchev–Trinajstić information content (AvgIpc) is 2.73. The number of benzene rings is 1. The first kappa shape index (κ1) is 12.1. The van der Waals surface area contributed by atoms with Crippen LogP contribution in [0.1, 0.15) is 17.4 Å². The summed E-state index contributed by atoms with van der Waals surface area (Å²) in [6, 6.07) is 10.1. The minimum atomic E-state index is -0.227. The maximum absolute atomic E-state index is 13.1. The molecule has 0 spiro atoms. The van der Waals surface area contributed by atoms with Crippen LogP contribution in [0.15, 0.2) is 40.8 Å². The molecule has 0 saturated heterocycles. The fraction of sp³-hybridized carbons (Fsp3) is 0.231. The molecule has 0 aliphatic heterocycles. The molecule has 0 aliphatic carbocycles. The third-order valence-corrected chi connectivity index (χ3v) is 2.82. The lowest BCUT2D eigenvalue weighted by atomic mass is 10.0. The summed E-state index contributed by atoms with van der Waals surface area (Å²) in [5, 5.41) is 3.49. The minimum Gasteiger partial charge on any atom is -0.448 e. The quantitative estimate of drug-likeness (QED) is 0.901. The number of likely N-dealkylation sites (N-methyl/N-ethyl adjacent to an activating group) is 1. The Kier molecular flexibility index (Phi) is 3.82. The monoisotopic (exact) mass is 253 g/mol. The Hall–Kier alpha value is -1.32. The third kappa shape index (κ3) is 3.08. The van der Waals surface area contributed by atoms with Gasteiger partial charge >= 0.3 is 0 Å². The molecule has 1 unspecified atom stereocenters. The number of rotatable bonds is 4. The number of furan rings is 1. The van der Waals surface area contributed by atoms with Gasteiger partial charge in [-0.2, -0.15) is 0 Å². The van der Waals surface area contributed by atoms with E-state index in [1.165, 1.54) is 12.1 Å². The lowest BCUT2D eigenvalue weighted by Crippen LogP contribution is -2.18. The van der Waals surface area contributed by atoms with Gasteiger partial charge in [-0.1, -0.05) is 12.1 Å². The van der Waals surface area contributed by atoms with Crippen molar-refractivity contribution >= 4 is 11.6 Å². The van der Waals surface area contributed by atoms with Crippen molar-refractivity contribution < 1.29 is 8.81 Å².